The molecule has 0 atom stereocenters. The molecule has 1 aromatic heterocycles. The fraction of sp³-hybridized carbons (Fsp3) is 0.471. The first-order chi connectivity index (χ1) is 11.4. The Morgan fingerprint density at radius 2 is 2.04 bits per heavy atom. The van der Waals surface area contributed by atoms with Crippen LogP contribution in [-0.2, 0) is 11.3 Å². The molecule has 130 valence electrons. The maximum absolute atomic E-state index is 12.2. The third-order valence-corrected chi connectivity index (χ3v) is 4.03. The zero-order chi connectivity index (χ0) is 17.7. The minimum Gasteiger partial charge on any atom is -0.497 e. The zero-order valence-corrected chi connectivity index (χ0v) is 15.4. The van der Waals surface area contributed by atoms with E-state index in [1.165, 1.54) is 0 Å². The molecule has 0 bridgehead atoms. The number of hydrogen-bond acceptors (Lipinski definition) is 4. The fourth-order valence-electron chi connectivity index (χ4n) is 2.53. The summed E-state index contributed by atoms with van der Waals surface area (Å²) in [5.41, 5.74) is 0.922. The van der Waals surface area contributed by atoms with E-state index in [-0.39, 0.29) is 5.91 Å². The molecular formula is C17H24N4O2S. The molecule has 0 saturated carbocycles. The van der Waals surface area contributed by atoms with Gasteiger partial charge in [0.05, 0.1) is 7.11 Å². The molecule has 0 aliphatic carbocycles. The van der Waals surface area contributed by atoms with Crippen molar-refractivity contribution in [2.75, 3.05) is 20.7 Å². The van der Waals surface area contributed by atoms with Gasteiger partial charge in [-0.2, -0.15) is 5.10 Å². The Hall–Kier alpha value is -2.15. The number of H-pyrrole nitrogens is 1. The number of amides is 1. The van der Waals surface area contributed by atoms with E-state index in [1.54, 1.807) is 12.0 Å². The van der Waals surface area contributed by atoms with Crippen molar-refractivity contribution in [3.8, 4) is 17.1 Å². The van der Waals surface area contributed by atoms with E-state index in [2.05, 4.69) is 24.0 Å². The van der Waals surface area contributed by atoms with Gasteiger partial charge >= 0.3 is 0 Å². The van der Waals surface area contributed by atoms with E-state index in [1.807, 2.05) is 35.9 Å². The van der Waals surface area contributed by atoms with Crippen LogP contribution in [0.4, 0.5) is 0 Å². The van der Waals surface area contributed by atoms with Gasteiger partial charge in [-0.05, 0) is 42.4 Å². The van der Waals surface area contributed by atoms with Gasteiger partial charge in [-0.1, -0.05) is 13.8 Å². The Labute approximate surface area is 147 Å². The van der Waals surface area contributed by atoms with Crippen molar-refractivity contribution < 1.29 is 9.53 Å². The number of rotatable bonds is 7. The highest BCUT2D eigenvalue weighted by Gasteiger charge is 2.14. The maximum Gasteiger partial charge on any atom is 0.224 e. The van der Waals surface area contributed by atoms with Crippen molar-refractivity contribution in [3.05, 3.63) is 29.0 Å². The smallest absolute Gasteiger partial charge is 0.224 e. The highest BCUT2D eigenvalue weighted by Crippen LogP contribution is 2.21. The van der Waals surface area contributed by atoms with Crippen molar-refractivity contribution >= 4 is 18.1 Å². The summed E-state index contributed by atoms with van der Waals surface area (Å²) >= 11 is 5.30. The first-order valence-electron chi connectivity index (χ1n) is 7.96. The van der Waals surface area contributed by atoms with Crippen LogP contribution in [0.1, 0.15) is 20.3 Å². The van der Waals surface area contributed by atoms with E-state index in [9.17, 15) is 4.79 Å². The number of carbonyl (C=O) groups excluding carboxylic acids is 1. The second-order valence-electron chi connectivity index (χ2n) is 6.15. The molecule has 0 aliphatic rings. The molecule has 1 heterocycles. The molecule has 0 aliphatic heterocycles. The second kappa shape index (κ2) is 8.10. The normalized spacial score (nSPS) is 10.9. The molecule has 0 radical (unpaired) electrons. The number of aromatic amines is 1. The number of nitrogens with zero attached hydrogens (tertiary/aromatic N) is 3. The van der Waals surface area contributed by atoms with Crippen LogP contribution in [0.25, 0.3) is 11.4 Å². The number of methoxy groups -OCH3 is 1. The van der Waals surface area contributed by atoms with Crippen molar-refractivity contribution in [2.24, 2.45) is 5.92 Å². The van der Waals surface area contributed by atoms with E-state index >= 15 is 0 Å². The molecule has 7 heteroatoms. The Kier molecular flexibility index (Phi) is 6.14. The quantitative estimate of drug-likeness (QED) is 0.781. The van der Waals surface area contributed by atoms with Gasteiger partial charge in [-0.15, -0.1) is 0 Å². The molecule has 0 saturated heterocycles. The third kappa shape index (κ3) is 4.44. The molecule has 1 N–H and O–H groups in total. The van der Waals surface area contributed by atoms with Gasteiger partial charge in [-0.25, -0.2) is 0 Å². The first-order valence-corrected chi connectivity index (χ1v) is 8.36. The van der Waals surface area contributed by atoms with Crippen LogP contribution in [0.15, 0.2) is 24.3 Å². The van der Waals surface area contributed by atoms with E-state index < -0.39 is 0 Å². The summed E-state index contributed by atoms with van der Waals surface area (Å²) in [4.78, 5) is 14.0. The summed E-state index contributed by atoms with van der Waals surface area (Å²) in [6.07, 6.45) is 0.389. The Balaban J connectivity index is 2.12. The summed E-state index contributed by atoms with van der Waals surface area (Å²) in [5.74, 6) is 2.06. The summed E-state index contributed by atoms with van der Waals surface area (Å²) in [5, 5.41) is 7.10. The minimum absolute atomic E-state index is 0.104. The lowest BCUT2D eigenvalue weighted by molar-refractivity contribution is -0.130. The number of benzene rings is 1. The molecule has 1 amide bonds. The number of aromatic nitrogens is 3. The van der Waals surface area contributed by atoms with Crippen LogP contribution < -0.4 is 4.74 Å². The zero-order valence-electron chi connectivity index (χ0n) is 14.6. The topological polar surface area (TPSA) is 63.1 Å². The van der Waals surface area contributed by atoms with Crippen molar-refractivity contribution in [1.82, 2.24) is 19.7 Å². The molecule has 2 aromatic rings. The molecule has 0 spiro atoms. The SMILES string of the molecule is COc1ccc(-c2n[nH]c(=S)n2CCC(=O)N(C)CC(C)C)cc1. The summed E-state index contributed by atoms with van der Waals surface area (Å²) in [6.45, 7) is 5.44. The number of hydrogen-bond donors (Lipinski definition) is 1. The average Bonchev–Trinajstić information content (AvgIpc) is 2.92. The molecule has 1 aromatic carbocycles. The monoisotopic (exact) mass is 348 g/mol. The molecule has 24 heavy (non-hydrogen) atoms. The second-order valence-corrected chi connectivity index (χ2v) is 6.54. The highest BCUT2D eigenvalue weighted by molar-refractivity contribution is 7.71. The number of ether oxygens (including phenoxy) is 1. The predicted molar refractivity (Wildman–Crippen MR) is 96.5 cm³/mol. The molecule has 0 unspecified atom stereocenters. The van der Waals surface area contributed by atoms with Crippen LogP contribution >= 0.6 is 12.2 Å². The van der Waals surface area contributed by atoms with Crippen molar-refractivity contribution in [1.29, 1.82) is 0 Å². The number of nitrogens with one attached hydrogen (secondary N) is 1. The maximum atomic E-state index is 12.2. The van der Waals surface area contributed by atoms with Gasteiger partial charge < -0.3 is 9.64 Å². The predicted octanol–water partition coefficient (Wildman–Crippen LogP) is 3.12. The van der Waals surface area contributed by atoms with Gasteiger partial charge in [0, 0.05) is 32.1 Å². The molecule has 6 nitrogen and oxygen atoms in total. The number of carbonyl (C=O) groups is 1. The van der Waals surface area contributed by atoms with E-state index in [0.29, 0.717) is 23.7 Å². The summed E-state index contributed by atoms with van der Waals surface area (Å²) in [6, 6.07) is 7.60. The van der Waals surface area contributed by atoms with Gasteiger partial charge in [0.15, 0.2) is 10.6 Å². The van der Waals surface area contributed by atoms with Gasteiger partial charge in [0.25, 0.3) is 0 Å². The molecular weight excluding hydrogens is 324 g/mol. The standard InChI is InChI=1S/C17H24N4O2S/c1-12(2)11-20(3)15(22)9-10-21-16(18-19-17(21)24)13-5-7-14(23-4)8-6-13/h5-8,12H,9-11H2,1-4H3,(H,19,24). The van der Waals surface area contributed by atoms with Crippen LogP contribution in [0, 0.1) is 10.7 Å². The van der Waals surface area contributed by atoms with Crippen LogP contribution in [0.5, 0.6) is 5.75 Å². The Bertz CT molecular complexity index is 734. The van der Waals surface area contributed by atoms with Crippen LogP contribution in [0.3, 0.4) is 0 Å². The lowest BCUT2D eigenvalue weighted by Gasteiger charge is -2.19. The van der Waals surface area contributed by atoms with Gasteiger partial charge in [0.1, 0.15) is 5.75 Å². The van der Waals surface area contributed by atoms with Gasteiger partial charge in [-0.3, -0.25) is 14.5 Å². The van der Waals surface area contributed by atoms with Crippen molar-refractivity contribution in [3.63, 3.8) is 0 Å². The first kappa shape index (κ1) is 18.2. The van der Waals surface area contributed by atoms with Crippen LogP contribution in [0.2, 0.25) is 0 Å². The molecule has 2 rings (SSSR count). The lowest BCUT2D eigenvalue weighted by Crippen LogP contribution is -2.30. The highest BCUT2D eigenvalue weighted by atomic mass is 32.1. The molecule has 0 fully saturated rings. The van der Waals surface area contributed by atoms with Gasteiger partial charge in [0.2, 0.25) is 5.91 Å². The third-order valence-electron chi connectivity index (χ3n) is 3.72. The van der Waals surface area contributed by atoms with E-state index in [0.717, 1.165) is 23.7 Å². The Morgan fingerprint density at radius 3 is 2.62 bits per heavy atom. The fourth-order valence-corrected chi connectivity index (χ4v) is 2.76. The summed E-state index contributed by atoms with van der Waals surface area (Å²) < 4.78 is 7.55. The van der Waals surface area contributed by atoms with Crippen molar-refractivity contribution in [2.45, 2.75) is 26.8 Å². The summed E-state index contributed by atoms with van der Waals surface area (Å²) in [7, 11) is 3.46. The largest absolute Gasteiger partial charge is 0.497 e. The Morgan fingerprint density at radius 1 is 1.38 bits per heavy atom. The lowest BCUT2D eigenvalue weighted by atomic mass is 10.2. The van der Waals surface area contributed by atoms with Crippen LogP contribution in [-0.4, -0.2) is 46.3 Å². The average molecular weight is 348 g/mol. The minimum atomic E-state index is 0.104. The van der Waals surface area contributed by atoms with E-state index in [4.69, 9.17) is 17.0 Å².